The van der Waals surface area contributed by atoms with Crippen molar-refractivity contribution in [3.63, 3.8) is 0 Å². The van der Waals surface area contributed by atoms with E-state index in [1.54, 1.807) is 0 Å². The van der Waals surface area contributed by atoms with Gasteiger partial charge in [-0.2, -0.15) is 0 Å². The SMILES string of the molecule is Cc1cccc(C(N)C2=N[C@@H](c3ccccc3)[C@@H](c3ccccc3)N2)c1. The third-order valence-electron chi connectivity index (χ3n) is 4.89. The molecular formula is C23H23N3. The second-order valence-electron chi connectivity index (χ2n) is 6.79. The number of amidine groups is 1. The van der Waals surface area contributed by atoms with Crippen LogP contribution in [0.25, 0.3) is 0 Å². The van der Waals surface area contributed by atoms with Crippen molar-refractivity contribution in [1.82, 2.24) is 5.32 Å². The smallest absolute Gasteiger partial charge is 0.119 e. The Labute approximate surface area is 154 Å². The number of benzene rings is 3. The Morgan fingerprint density at radius 1 is 0.846 bits per heavy atom. The maximum absolute atomic E-state index is 6.56. The summed E-state index contributed by atoms with van der Waals surface area (Å²) in [6.07, 6.45) is 0. The second kappa shape index (κ2) is 7.14. The molecule has 3 aromatic carbocycles. The average molecular weight is 341 g/mol. The number of aryl methyl sites for hydroxylation is 1. The fourth-order valence-electron chi connectivity index (χ4n) is 3.53. The summed E-state index contributed by atoms with van der Waals surface area (Å²) >= 11 is 0. The summed E-state index contributed by atoms with van der Waals surface area (Å²) in [4.78, 5) is 5.00. The molecule has 0 amide bonds. The zero-order valence-electron chi connectivity index (χ0n) is 14.8. The van der Waals surface area contributed by atoms with Gasteiger partial charge < -0.3 is 11.1 Å². The van der Waals surface area contributed by atoms with E-state index in [0.717, 1.165) is 11.4 Å². The molecule has 3 nitrogen and oxygen atoms in total. The Bertz CT molecular complexity index is 903. The Morgan fingerprint density at radius 3 is 2.15 bits per heavy atom. The van der Waals surface area contributed by atoms with E-state index < -0.39 is 0 Å². The van der Waals surface area contributed by atoms with Crippen LogP contribution in [-0.4, -0.2) is 5.84 Å². The minimum atomic E-state index is -0.255. The monoisotopic (exact) mass is 341 g/mol. The molecule has 0 saturated heterocycles. The molecule has 3 aromatic rings. The van der Waals surface area contributed by atoms with Gasteiger partial charge in [-0.1, -0.05) is 90.5 Å². The molecule has 0 fully saturated rings. The molecule has 0 bridgehead atoms. The Balaban J connectivity index is 1.70. The molecule has 3 N–H and O–H groups in total. The van der Waals surface area contributed by atoms with Crippen molar-refractivity contribution in [1.29, 1.82) is 0 Å². The molecule has 1 unspecified atom stereocenters. The first-order valence-electron chi connectivity index (χ1n) is 8.98. The van der Waals surface area contributed by atoms with Gasteiger partial charge in [-0.3, -0.25) is 4.99 Å². The maximum Gasteiger partial charge on any atom is 0.119 e. The number of hydrogen-bond donors (Lipinski definition) is 2. The van der Waals surface area contributed by atoms with Gasteiger partial charge in [0.1, 0.15) is 11.9 Å². The summed E-state index contributed by atoms with van der Waals surface area (Å²) in [7, 11) is 0. The standard InChI is InChI=1S/C23H23N3/c1-16-9-8-14-19(15-16)20(24)23-25-21(17-10-4-2-5-11-17)22(26-23)18-12-6-3-7-13-18/h2-15,20-22H,24H2,1H3,(H,25,26)/t20?,21-,22+. The highest BCUT2D eigenvalue weighted by atomic mass is 15.2. The lowest BCUT2D eigenvalue weighted by Gasteiger charge is -2.20. The highest BCUT2D eigenvalue weighted by Crippen LogP contribution is 2.37. The number of nitrogens with two attached hydrogens (primary N) is 1. The van der Waals surface area contributed by atoms with Gasteiger partial charge in [0.2, 0.25) is 0 Å². The number of hydrogen-bond acceptors (Lipinski definition) is 3. The first-order valence-corrected chi connectivity index (χ1v) is 8.98. The van der Waals surface area contributed by atoms with E-state index in [4.69, 9.17) is 10.7 Å². The molecule has 0 saturated carbocycles. The third kappa shape index (κ3) is 3.26. The molecule has 1 aliphatic heterocycles. The van der Waals surface area contributed by atoms with Crippen molar-refractivity contribution < 1.29 is 0 Å². The van der Waals surface area contributed by atoms with Crippen molar-refractivity contribution in [2.24, 2.45) is 10.7 Å². The molecule has 26 heavy (non-hydrogen) atoms. The zero-order chi connectivity index (χ0) is 17.9. The van der Waals surface area contributed by atoms with Crippen LogP contribution in [-0.2, 0) is 0 Å². The molecule has 0 spiro atoms. The van der Waals surface area contributed by atoms with Crippen LogP contribution in [0, 0.1) is 6.92 Å². The van der Waals surface area contributed by atoms with Crippen LogP contribution in [0.1, 0.15) is 40.4 Å². The summed E-state index contributed by atoms with van der Waals surface area (Å²) in [5.41, 5.74) is 11.3. The van der Waals surface area contributed by atoms with Crippen LogP contribution in [0.5, 0.6) is 0 Å². The second-order valence-corrected chi connectivity index (χ2v) is 6.79. The first-order chi connectivity index (χ1) is 12.7. The van der Waals surface area contributed by atoms with Crippen LogP contribution in [0.4, 0.5) is 0 Å². The molecular weight excluding hydrogens is 318 g/mol. The minimum absolute atomic E-state index is 0.0180. The number of nitrogens with one attached hydrogen (secondary N) is 1. The van der Waals surface area contributed by atoms with Gasteiger partial charge in [0.25, 0.3) is 0 Å². The van der Waals surface area contributed by atoms with Crippen LogP contribution in [0.15, 0.2) is 89.9 Å². The van der Waals surface area contributed by atoms with Crippen molar-refractivity contribution in [3.05, 3.63) is 107 Å². The maximum atomic E-state index is 6.56. The molecule has 0 aliphatic carbocycles. The van der Waals surface area contributed by atoms with E-state index in [-0.39, 0.29) is 18.1 Å². The third-order valence-corrected chi connectivity index (χ3v) is 4.89. The fourth-order valence-corrected chi connectivity index (χ4v) is 3.53. The Hall–Kier alpha value is -2.91. The van der Waals surface area contributed by atoms with Crippen molar-refractivity contribution in [2.45, 2.75) is 25.0 Å². The summed E-state index contributed by atoms with van der Waals surface area (Å²) in [5, 5.41) is 3.60. The minimum Gasteiger partial charge on any atom is -0.363 e. The van der Waals surface area contributed by atoms with Crippen LogP contribution >= 0.6 is 0 Å². The van der Waals surface area contributed by atoms with Crippen molar-refractivity contribution in [3.8, 4) is 0 Å². The summed E-state index contributed by atoms with van der Waals surface area (Å²) in [5.74, 6) is 0.846. The Kier molecular flexibility index (Phi) is 4.55. The van der Waals surface area contributed by atoms with Crippen LogP contribution < -0.4 is 11.1 Å². The summed E-state index contributed by atoms with van der Waals surface area (Å²) in [6, 6.07) is 29.0. The van der Waals surface area contributed by atoms with Crippen LogP contribution in [0.2, 0.25) is 0 Å². The van der Waals surface area contributed by atoms with E-state index >= 15 is 0 Å². The topological polar surface area (TPSA) is 50.4 Å². The lowest BCUT2D eigenvalue weighted by atomic mass is 9.95. The van der Waals surface area contributed by atoms with E-state index in [0.29, 0.717) is 0 Å². The average Bonchev–Trinajstić information content (AvgIpc) is 3.14. The lowest BCUT2D eigenvalue weighted by Crippen LogP contribution is -2.33. The number of rotatable bonds is 4. The van der Waals surface area contributed by atoms with Crippen LogP contribution in [0.3, 0.4) is 0 Å². The number of nitrogens with zero attached hydrogens (tertiary/aromatic N) is 1. The molecule has 1 aliphatic rings. The quantitative estimate of drug-likeness (QED) is 0.735. The van der Waals surface area contributed by atoms with E-state index in [1.807, 2.05) is 18.2 Å². The zero-order valence-corrected chi connectivity index (χ0v) is 14.8. The molecule has 0 radical (unpaired) electrons. The van der Waals surface area contributed by atoms with Gasteiger partial charge in [0.15, 0.2) is 0 Å². The van der Waals surface area contributed by atoms with E-state index in [2.05, 4.69) is 79.0 Å². The number of aliphatic imine (C=N–C) groups is 1. The normalized spacial score (nSPS) is 20.3. The van der Waals surface area contributed by atoms with Gasteiger partial charge in [0.05, 0.1) is 12.1 Å². The first kappa shape index (κ1) is 16.6. The van der Waals surface area contributed by atoms with Gasteiger partial charge in [0, 0.05) is 0 Å². The van der Waals surface area contributed by atoms with Gasteiger partial charge in [-0.25, -0.2) is 0 Å². The molecule has 4 rings (SSSR count). The van der Waals surface area contributed by atoms with Gasteiger partial charge in [-0.05, 0) is 23.6 Å². The highest BCUT2D eigenvalue weighted by molar-refractivity contribution is 5.90. The molecule has 1 heterocycles. The fraction of sp³-hybridized carbons (Fsp3) is 0.174. The lowest BCUT2D eigenvalue weighted by molar-refractivity contribution is 0.570. The molecule has 3 atom stereocenters. The molecule has 130 valence electrons. The largest absolute Gasteiger partial charge is 0.363 e. The van der Waals surface area contributed by atoms with E-state index in [9.17, 15) is 0 Å². The predicted octanol–water partition coefficient (Wildman–Crippen LogP) is 4.48. The van der Waals surface area contributed by atoms with Crippen molar-refractivity contribution >= 4 is 5.84 Å². The summed E-state index contributed by atoms with van der Waals surface area (Å²) in [6.45, 7) is 2.08. The molecule has 0 aromatic heterocycles. The molecule has 3 heteroatoms. The predicted molar refractivity (Wildman–Crippen MR) is 107 cm³/mol. The summed E-state index contributed by atoms with van der Waals surface area (Å²) < 4.78 is 0. The highest BCUT2D eigenvalue weighted by Gasteiger charge is 2.33. The Morgan fingerprint density at radius 2 is 1.50 bits per heavy atom. The van der Waals surface area contributed by atoms with E-state index in [1.165, 1.54) is 16.7 Å². The van der Waals surface area contributed by atoms with Crippen molar-refractivity contribution in [2.75, 3.05) is 0 Å². The van der Waals surface area contributed by atoms with Gasteiger partial charge >= 0.3 is 0 Å². The van der Waals surface area contributed by atoms with Gasteiger partial charge in [-0.15, -0.1) is 0 Å².